The van der Waals surface area contributed by atoms with Crippen molar-refractivity contribution in [3.05, 3.63) is 40.4 Å². The Labute approximate surface area is 99.5 Å². The van der Waals surface area contributed by atoms with E-state index >= 15 is 0 Å². The van der Waals surface area contributed by atoms with Crippen LogP contribution < -0.4 is 10.1 Å². The third-order valence-electron chi connectivity index (χ3n) is 2.18. The molecule has 82 valence electrons. The van der Waals surface area contributed by atoms with Gasteiger partial charge in [-0.25, -0.2) is 0 Å². The van der Waals surface area contributed by atoms with Crippen molar-refractivity contribution in [2.24, 2.45) is 0 Å². The molecule has 0 saturated carbocycles. The van der Waals surface area contributed by atoms with E-state index in [4.69, 9.17) is 4.74 Å². The van der Waals surface area contributed by atoms with Gasteiger partial charge in [0.1, 0.15) is 5.75 Å². The highest BCUT2D eigenvalue weighted by Gasteiger charge is 1.99. The second-order valence-electron chi connectivity index (χ2n) is 3.41. The Morgan fingerprint density at radius 2 is 2.27 bits per heavy atom. The molecule has 0 bridgehead atoms. The fourth-order valence-corrected chi connectivity index (χ4v) is 1.52. The number of hydrogen-bond acceptors (Lipinski definition) is 2. The monoisotopic (exact) mass is 269 g/mol. The molecule has 0 heterocycles. The van der Waals surface area contributed by atoms with Crippen LogP contribution in [0.2, 0.25) is 0 Å². The molecular formula is C12H16BrNO. The summed E-state index contributed by atoms with van der Waals surface area (Å²) in [7, 11) is 1.68. The Hall–Kier alpha value is -0.800. The summed E-state index contributed by atoms with van der Waals surface area (Å²) >= 11 is 3.31. The first-order chi connectivity index (χ1) is 7.13. The van der Waals surface area contributed by atoms with E-state index in [1.165, 1.54) is 11.1 Å². The molecule has 3 heteroatoms. The van der Waals surface area contributed by atoms with Crippen LogP contribution in [0.25, 0.3) is 0 Å². The molecule has 0 aromatic heterocycles. The van der Waals surface area contributed by atoms with Crippen molar-refractivity contribution in [3.8, 4) is 5.75 Å². The number of hydrogen-bond donors (Lipinski definition) is 1. The molecule has 0 aliphatic rings. The zero-order valence-electron chi connectivity index (χ0n) is 9.14. The molecule has 0 unspecified atom stereocenters. The van der Waals surface area contributed by atoms with Crippen molar-refractivity contribution in [1.82, 2.24) is 5.32 Å². The molecule has 1 aromatic carbocycles. The van der Waals surface area contributed by atoms with Crippen LogP contribution in [0, 0.1) is 6.92 Å². The minimum absolute atomic E-state index is 0.783. The third kappa shape index (κ3) is 4.06. The van der Waals surface area contributed by atoms with Gasteiger partial charge in [-0.05, 0) is 30.2 Å². The van der Waals surface area contributed by atoms with E-state index in [9.17, 15) is 0 Å². The van der Waals surface area contributed by atoms with Gasteiger partial charge in [0.05, 0.1) is 7.11 Å². The average molecular weight is 270 g/mol. The molecule has 0 saturated heterocycles. The molecule has 0 atom stereocenters. The molecule has 0 radical (unpaired) electrons. The van der Waals surface area contributed by atoms with Crippen LogP contribution in [0.15, 0.2) is 29.3 Å². The predicted molar refractivity (Wildman–Crippen MR) is 67.5 cm³/mol. The van der Waals surface area contributed by atoms with Crippen molar-refractivity contribution in [2.75, 3.05) is 13.7 Å². The molecule has 0 fully saturated rings. The van der Waals surface area contributed by atoms with Gasteiger partial charge in [-0.15, -0.1) is 0 Å². The van der Waals surface area contributed by atoms with E-state index in [2.05, 4.69) is 40.8 Å². The lowest BCUT2D eigenvalue weighted by atomic mass is 10.1. The van der Waals surface area contributed by atoms with Crippen molar-refractivity contribution in [2.45, 2.75) is 13.5 Å². The third-order valence-corrected chi connectivity index (χ3v) is 2.46. The molecule has 1 aromatic rings. The lowest BCUT2D eigenvalue weighted by Gasteiger charge is -2.08. The maximum absolute atomic E-state index is 5.15. The first-order valence-corrected chi connectivity index (χ1v) is 5.60. The Bertz CT molecular complexity index is 349. The second kappa shape index (κ2) is 5.93. The Balaban J connectivity index is 2.58. The van der Waals surface area contributed by atoms with Crippen molar-refractivity contribution >= 4 is 15.9 Å². The van der Waals surface area contributed by atoms with Crippen LogP contribution in [-0.4, -0.2) is 13.7 Å². The maximum Gasteiger partial charge on any atom is 0.119 e. The molecule has 2 nitrogen and oxygen atoms in total. The van der Waals surface area contributed by atoms with Gasteiger partial charge in [-0.1, -0.05) is 28.6 Å². The van der Waals surface area contributed by atoms with Crippen LogP contribution in [-0.2, 0) is 6.54 Å². The first-order valence-electron chi connectivity index (χ1n) is 4.81. The topological polar surface area (TPSA) is 21.3 Å². The number of methoxy groups -OCH3 is 1. The molecule has 0 aliphatic heterocycles. The van der Waals surface area contributed by atoms with Gasteiger partial charge in [0.15, 0.2) is 0 Å². The van der Waals surface area contributed by atoms with Gasteiger partial charge in [-0.3, -0.25) is 0 Å². The first kappa shape index (κ1) is 12.3. The van der Waals surface area contributed by atoms with E-state index in [0.717, 1.165) is 23.3 Å². The van der Waals surface area contributed by atoms with E-state index in [0.29, 0.717) is 0 Å². The molecule has 0 amide bonds. The summed E-state index contributed by atoms with van der Waals surface area (Å²) in [5, 5.41) is 3.29. The molecular weight excluding hydrogens is 254 g/mol. The van der Waals surface area contributed by atoms with Crippen molar-refractivity contribution in [3.63, 3.8) is 0 Å². The van der Waals surface area contributed by atoms with E-state index in [1.54, 1.807) is 7.11 Å². The Kier molecular flexibility index (Phi) is 4.85. The summed E-state index contributed by atoms with van der Waals surface area (Å²) in [6.45, 7) is 7.49. The standard InChI is InChI=1S/C12H16BrNO/c1-9-6-12(15-3)5-4-11(9)8-14-7-10(2)13/h4-6,14H,2,7-8H2,1,3H3. The quantitative estimate of drug-likeness (QED) is 0.888. The molecule has 0 aliphatic carbocycles. The molecule has 0 spiro atoms. The van der Waals surface area contributed by atoms with Crippen LogP contribution in [0.1, 0.15) is 11.1 Å². The molecule has 15 heavy (non-hydrogen) atoms. The van der Waals surface area contributed by atoms with Crippen LogP contribution >= 0.6 is 15.9 Å². The van der Waals surface area contributed by atoms with Crippen molar-refractivity contribution < 1.29 is 4.74 Å². The van der Waals surface area contributed by atoms with Gasteiger partial charge in [0.25, 0.3) is 0 Å². The fourth-order valence-electron chi connectivity index (χ4n) is 1.33. The van der Waals surface area contributed by atoms with E-state index in [-0.39, 0.29) is 0 Å². The largest absolute Gasteiger partial charge is 0.497 e. The van der Waals surface area contributed by atoms with Crippen LogP contribution in [0.5, 0.6) is 5.75 Å². The number of benzene rings is 1. The summed E-state index contributed by atoms with van der Waals surface area (Å²) in [6, 6.07) is 6.10. The van der Waals surface area contributed by atoms with Gasteiger partial charge in [0, 0.05) is 17.6 Å². The minimum atomic E-state index is 0.783. The second-order valence-corrected chi connectivity index (χ2v) is 4.53. The van der Waals surface area contributed by atoms with Gasteiger partial charge < -0.3 is 10.1 Å². The zero-order valence-corrected chi connectivity index (χ0v) is 10.7. The van der Waals surface area contributed by atoms with Crippen LogP contribution in [0.3, 0.4) is 0 Å². The molecule has 1 rings (SSSR count). The lowest BCUT2D eigenvalue weighted by molar-refractivity contribution is 0.414. The Morgan fingerprint density at radius 1 is 1.53 bits per heavy atom. The lowest BCUT2D eigenvalue weighted by Crippen LogP contribution is -2.15. The van der Waals surface area contributed by atoms with Gasteiger partial charge >= 0.3 is 0 Å². The number of rotatable bonds is 5. The SMILES string of the molecule is C=C(Br)CNCc1ccc(OC)cc1C. The number of ether oxygens (including phenoxy) is 1. The summed E-state index contributed by atoms with van der Waals surface area (Å²) in [4.78, 5) is 0. The minimum Gasteiger partial charge on any atom is -0.497 e. The normalized spacial score (nSPS) is 10.1. The number of nitrogens with one attached hydrogen (secondary N) is 1. The molecule has 1 N–H and O–H groups in total. The number of halogens is 1. The zero-order chi connectivity index (χ0) is 11.3. The van der Waals surface area contributed by atoms with Crippen molar-refractivity contribution in [1.29, 1.82) is 0 Å². The average Bonchev–Trinajstić information content (AvgIpc) is 2.20. The highest BCUT2D eigenvalue weighted by atomic mass is 79.9. The maximum atomic E-state index is 5.15. The summed E-state index contributed by atoms with van der Waals surface area (Å²) in [6.07, 6.45) is 0. The van der Waals surface area contributed by atoms with Gasteiger partial charge in [-0.2, -0.15) is 0 Å². The fraction of sp³-hybridized carbons (Fsp3) is 0.333. The van der Waals surface area contributed by atoms with Crippen LogP contribution in [0.4, 0.5) is 0 Å². The van der Waals surface area contributed by atoms with Gasteiger partial charge in [0.2, 0.25) is 0 Å². The highest BCUT2D eigenvalue weighted by molar-refractivity contribution is 9.11. The van der Waals surface area contributed by atoms with E-state index < -0.39 is 0 Å². The summed E-state index contributed by atoms with van der Waals surface area (Å²) in [5.41, 5.74) is 2.52. The Morgan fingerprint density at radius 3 is 2.80 bits per heavy atom. The predicted octanol–water partition coefficient (Wildman–Crippen LogP) is 3.00. The smallest absolute Gasteiger partial charge is 0.119 e. The van der Waals surface area contributed by atoms with E-state index in [1.807, 2.05) is 12.1 Å². The number of aryl methyl sites for hydroxylation is 1. The summed E-state index contributed by atoms with van der Waals surface area (Å²) in [5.74, 6) is 0.904. The highest BCUT2D eigenvalue weighted by Crippen LogP contribution is 2.16. The summed E-state index contributed by atoms with van der Waals surface area (Å²) < 4.78 is 6.12.